The van der Waals surface area contributed by atoms with E-state index in [0.717, 1.165) is 16.3 Å². The minimum atomic E-state index is -1.02. The SMILES string of the molecule is NC(N)=NCCC[C@@H](NC(=O)OCc1ccccc1)C(=O)N[C@H](CCCN=C(N)N)C(=O)Nc1ccc2ccccc2c1. The van der Waals surface area contributed by atoms with Crippen LogP contribution < -0.4 is 38.9 Å². The Morgan fingerprint density at radius 2 is 1.28 bits per heavy atom. The molecule has 0 unspecified atom stereocenters. The fraction of sp³-hybridized carbons (Fsp3) is 0.300. The Morgan fingerprint density at radius 1 is 0.698 bits per heavy atom. The fourth-order valence-electron chi connectivity index (χ4n) is 4.22. The van der Waals surface area contributed by atoms with Gasteiger partial charge in [-0.25, -0.2) is 4.79 Å². The molecule has 0 heterocycles. The molecular formula is C30H39N9O4. The lowest BCUT2D eigenvalue weighted by Crippen LogP contribution is -2.52. The minimum absolute atomic E-state index is 0.0244. The van der Waals surface area contributed by atoms with Gasteiger partial charge in [0.1, 0.15) is 18.7 Å². The van der Waals surface area contributed by atoms with Crippen LogP contribution in [0.1, 0.15) is 31.2 Å². The van der Waals surface area contributed by atoms with Crippen molar-refractivity contribution in [2.75, 3.05) is 18.4 Å². The van der Waals surface area contributed by atoms with Crippen LogP contribution in [0.15, 0.2) is 82.8 Å². The summed E-state index contributed by atoms with van der Waals surface area (Å²) in [5.74, 6) is -1.15. The van der Waals surface area contributed by atoms with Gasteiger partial charge in [0.05, 0.1) is 0 Å². The first kappa shape index (κ1) is 32.2. The van der Waals surface area contributed by atoms with Gasteiger partial charge in [0.15, 0.2) is 11.9 Å². The van der Waals surface area contributed by atoms with E-state index in [0.29, 0.717) is 18.5 Å². The second-order valence-corrected chi connectivity index (χ2v) is 9.77. The van der Waals surface area contributed by atoms with E-state index in [1.54, 1.807) is 6.07 Å². The van der Waals surface area contributed by atoms with Crippen molar-refractivity contribution in [2.24, 2.45) is 32.9 Å². The Morgan fingerprint density at radius 3 is 1.91 bits per heavy atom. The van der Waals surface area contributed by atoms with E-state index < -0.39 is 30.0 Å². The predicted molar refractivity (Wildman–Crippen MR) is 168 cm³/mol. The van der Waals surface area contributed by atoms with Crippen LogP contribution in [0.4, 0.5) is 10.5 Å². The third kappa shape index (κ3) is 11.6. The average molecular weight is 590 g/mol. The highest BCUT2D eigenvalue weighted by molar-refractivity contribution is 5.99. The molecule has 0 saturated carbocycles. The first-order chi connectivity index (χ1) is 20.7. The molecule has 0 saturated heterocycles. The number of guanidine groups is 2. The molecule has 0 spiro atoms. The van der Waals surface area contributed by atoms with Crippen LogP contribution in [0.5, 0.6) is 0 Å². The Bertz CT molecular complexity index is 1420. The third-order valence-electron chi connectivity index (χ3n) is 6.36. The lowest BCUT2D eigenvalue weighted by molar-refractivity contribution is -0.128. The largest absolute Gasteiger partial charge is 0.445 e. The fourth-order valence-corrected chi connectivity index (χ4v) is 4.22. The number of carbonyl (C=O) groups is 3. The zero-order chi connectivity index (χ0) is 31.0. The number of carbonyl (C=O) groups excluding carboxylic acids is 3. The Balaban J connectivity index is 1.71. The number of nitrogens with zero attached hydrogens (tertiary/aromatic N) is 2. The maximum absolute atomic E-state index is 13.4. The van der Waals surface area contributed by atoms with Gasteiger partial charge in [0, 0.05) is 18.8 Å². The lowest BCUT2D eigenvalue weighted by atomic mass is 10.1. The highest BCUT2D eigenvalue weighted by Gasteiger charge is 2.27. The number of benzene rings is 3. The third-order valence-corrected chi connectivity index (χ3v) is 6.36. The molecule has 13 heteroatoms. The van der Waals surface area contributed by atoms with E-state index in [1.807, 2.05) is 66.7 Å². The first-order valence-corrected chi connectivity index (χ1v) is 13.9. The summed E-state index contributed by atoms with van der Waals surface area (Å²) in [5.41, 5.74) is 23.0. The maximum Gasteiger partial charge on any atom is 0.408 e. The molecule has 0 aromatic heterocycles. The maximum atomic E-state index is 13.4. The normalized spacial score (nSPS) is 11.9. The number of nitrogens with one attached hydrogen (secondary N) is 3. The van der Waals surface area contributed by atoms with Gasteiger partial charge in [-0.3, -0.25) is 19.6 Å². The number of hydrogen-bond acceptors (Lipinski definition) is 6. The lowest BCUT2D eigenvalue weighted by Gasteiger charge is -2.23. The molecule has 3 amide bonds. The molecule has 3 aromatic carbocycles. The number of amides is 3. The van der Waals surface area contributed by atoms with Gasteiger partial charge in [-0.05, 0) is 54.2 Å². The van der Waals surface area contributed by atoms with Crippen LogP contribution >= 0.6 is 0 Å². The average Bonchev–Trinajstić information content (AvgIpc) is 2.99. The molecule has 0 radical (unpaired) electrons. The topological polar surface area (TPSA) is 225 Å². The van der Waals surface area contributed by atoms with Crippen LogP contribution in [-0.4, -0.2) is 55.0 Å². The number of rotatable bonds is 15. The van der Waals surface area contributed by atoms with Gasteiger partial charge in [0.2, 0.25) is 11.8 Å². The Kier molecular flexibility index (Phi) is 12.6. The molecule has 0 aliphatic rings. The number of ether oxygens (including phenoxy) is 1. The van der Waals surface area contributed by atoms with Crippen molar-refractivity contribution >= 4 is 46.3 Å². The van der Waals surface area contributed by atoms with E-state index in [1.165, 1.54) is 0 Å². The van der Waals surface area contributed by atoms with E-state index >= 15 is 0 Å². The highest BCUT2D eigenvalue weighted by atomic mass is 16.5. The summed E-state index contributed by atoms with van der Waals surface area (Å²) >= 11 is 0. The monoisotopic (exact) mass is 589 g/mol. The first-order valence-electron chi connectivity index (χ1n) is 13.9. The number of fused-ring (bicyclic) bond motifs is 1. The molecule has 43 heavy (non-hydrogen) atoms. The molecule has 11 N–H and O–H groups in total. The molecule has 0 fully saturated rings. The number of hydrogen-bond donors (Lipinski definition) is 7. The van der Waals surface area contributed by atoms with Gasteiger partial charge in [0.25, 0.3) is 0 Å². The van der Waals surface area contributed by atoms with E-state index in [9.17, 15) is 14.4 Å². The zero-order valence-corrected chi connectivity index (χ0v) is 23.9. The summed E-state index contributed by atoms with van der Waals surface area (Å²) in [7, 11) is 0. The summed E-state index contributed by atoms with van der Waals surface area (Å²) in [6.07, 6.45) is 0.441. The van der Waals surface area contributed by atoms with Gasteiger partial charge >= 0.3 is 6.09 Å². The van der Waals surface area contributed by atoms with Gasteiger partial charge in [-0.1, -0.05) is 60.7 Å². The van der Waals surface area contributed by atoms with Crippen LogP contribution in [0.2, 0.25) is 0 Å². The van der Waals surface area contributed by atoms with Crippen LogP contribution in [-0.2, 0) is 20.9 Å². The van der Waals surface area contributed by atoms with Gasteiger partial charge in [-0.15, -0.1) is 0 Å². The smallest absolute Gasteiger partial charge is 0.408 e. The number of alkyl carbamates (subject to hydrolysis) is 1. The molecule has 228 valence electrons. The van der Waals surface area contributed by atoms with Crippen LogP contribution in [0, 0.1) is 0 Å². The van der Waals surface area contributed by atoms with Crippen molar-refractivity contribution in [3.05, 3.63) is 78.4 Å². The summed E-state index contributed by atoms with van der Waals surface area (Å²) in [6.45, 7) is 0.539. The summed E-state index contributed by atoms with van der Waals surface area (Å²) in [6, 6.07) is 20.4. The van der Waals surface area contributed by atoms with Gasteiger partial charge in [-0.2, -0.15) is 0 Å². The second-order valence-electron chi connectivity index (χ2n) is 9.77. The summed E-state index contributed by atoms with van der Waals surface area (Å²) < 4.78 is 5.31. The summed E-state index contributed by atoms with van der Waals surface area (Å²) in [5, 5.41) is 10.2. The van der Waals surface area contributed by atoms with E-state index in [-0.39, 0.29) is 44.5 Å². The molecule has 3 aromatic rings. The molecular weight excluding hydrogens is 550 g/mol. The quantitative estimate of drug-likeness (QED) is 0.0782. The van der Waals surface area contributed by atoms with Crippen molar-refractivity contribution in [3.63, 3.8) is 0 Å². The zero-order valence-electron chi connectivity index (χ0n) is 23.9. The molecule has 2 atom stereocenters. The van der Waals surface area contributed by atoms with Crippen molar-refractivity contribution in [1.82, 2.24) is 10.6 Å². The Hall–Kier alpha value is -5.33. The standard InChI is InChI=1S/C30H39N9O4/c31-28(32)35-16-6-12-24(26(40)37-23-15-14-21-10-4-5-11-22(21)18-23)38-27(41)25(13-7-17-36-29(33)34)39-30(42)43-19-20-8-2-1-3-9-20/h1-5,8-11,14-15,18,24-25H,6-7,12-13,16-17,19H2,(H,37,40)(H,38,41)(H,39,42)(H4,31,32,35)(H4,33,34,36)/t24-,25-/m1/s1. The van der Waals surface area contributed by atoms with Crippen molar-refractivity contribution in [3.8, 4) is 0 Å². The number of anilines is 1. The highest BCUT2D eigenvalue weighted by Crippen LogP contribution is 2.19. The van der Waals surface area contributed by atoms with Crippen molar-refractivity contribution in [2.45, 2.75) is 44.4 Å². The number of aliphatic imine (C=N–C) groups is 2. The van der Waals surface area contributed by atoms with Gasteiger partial charge < -0.3 is 43.6 Å². The van der Waals surface area contributed by atoms with Crippen LogP contribution in [0.3, 0.4) is 0 Å². The molecule has 0 aliphatic carbocycles. The van der Waals surface area contributed by atoms with Crippen molar-refractivity contribution in [1.29, 1.82) is 0 Å². The molecule has 0 aliphatic heterocycles. The molecule has 0 bridgehead atoms. The van der Waals surface area contributed by atoms with Crippen molar-refractivity contribution < 1.29 is 19.1 Å². The molecule has 3 rings (SSSR count). The van der Waals surface area contributed by atoms with Crippen LogP contribution in [0.25, 0.3) is 10.8 Å². The van der Waals surface area contributed by atoms with E-state index in [4.69, 9.17) is 27.7 Å². The van der Waals surface area contributed by atoms with E-state index in [2.05, 4.69) is 25.9 Å². The summed E-state index contributed by atoms with van der Waals surface area (Å²) in [4.78, 5) is 47.3. The number of nitrogens with two attached hydrogens (primary N) is 4. The minimum Gasteiger partial charge on any atom is -0.445 e. The predicted octanol–water partition coefficient (Wildman–Crippen LogP) is 1.67. The second kappa shape index (κ2) is 16.8. The molecule has 13 nitrogen and oxygen atoms in total. The Labute approximate surface area is 250 Å².